The number of amides is 2. The third kappa shape index (κ3) is 5.59. The second-order valence-corrected chi connectivity index (χ2v) is 8.99. The fraction of sp³-hybridized carbons (Fsp3) is 0.391. The highest BCUT2D eigenvalue weighted by atomic mass is 16.5. The number of rotatable bonds is 5. The number of nitrogens with one attached hydrogen (secondary N) is 1. The molecule has 0 bridgehead atoms. The molecule has 150 valence electrons. The predicted octanol–water partition coefficient (Wildman–Crippen LogP) is 4.40. The van der Waals surface area contributed by atoms with Gasteiger partial charge in [-0.2, -0.15) is 0 Å². The Morgan fingerprint density at radius 1 is 0.929 bits per heavy atom. The van der Waals surface area contributed by atoms with Crippen LogP contribution < -0.4 is 15.8 Å². The molecule has 0 unspecified atom stereocenters. The maximum atomic E-state index is 12.3. The Morgan fingerprint density at radius 3 is 2.04 bits per heavy atom. The predicted molar refractivity (Wildman–Crippen MR) is 113 cm³/mol. The summed E-state index contributed by atoms with van der Waals surface area (Å²) in [6.07, 6.45) is 0. The van der Waals surface area contributed by atoms with Crippen LogP contribution in [0.15, 0.2) is 42.5 Å². The Hall–Kier alpha value is -2.82. The standard InChI is InChI=1S/C23H30N2O3/c1-22(2,3)16-9-12-19(18(13-16)23(4,5)6)28-14-20(26)25-17-10-7-15(8-11-17)21(24)27/h7-13H,14H2,1-6H3,(H2,24,27)(H,25,26). The Kier molecular flexibility index (Phi) is 6.17. The lowest BCUT2D eigenvalue weighted by Crippen LogP contribution is -2.23. The number of ether oxygens (including phenoxy) is 1. The number of hydrogen-bond donors (Lipinski definition) is 2. The molecule has 0 atom stereocenters. The van der Waals surface area contributed by atoms with E-state index in [0.717, 1.165) is 5.56 Å². The van der Waals surface area contributed by atoms with Crippen LogP contribution in [0.1, 0.15) is 63.0 Å². The molecule has 5 heteroatoms. The highest BCUT2D eigenvalue weighted by Gasteiger charge is 2.23. The van der Waals surface area contributed by atoms with Gasteiger partial charge in [-0.3, -0.25) is 9.59 Å². The van der Waals surface area contributed by atoms with Crippen molar-refractivity contribution in [1.82, 2.24) is 0 Å². The third-order valence-corrected chi connectivity index (χ3v) is 4.47. The smallest absolute Gasteiger partial charge is 0.262 e. The summed E-state index contributed by atoms with van der Waals surface area (Å²) in [5.41, 5.74) is 8.41. The lowest BCUT2D eigenvalue weighted by Gasteiger charge is -2.27. The zero-order valence-electron chi connectivity index (χ0n) is 17.6. The van der Waals surface area contributed by atoms with Crippen LogP contribution in [0.4, 0.5) is 5.69 Å². The molecule has 0 aromatic heterocycles. The van der Waals surface area contributed by atoms with Gasteiger partial charge in [0, 0.05) is 11.3 Å². The molecule has 2 amide bonds. The van der Waals surface area contributed by atoms with Crippen LogP contribution in [0.2, 0.25) is 0 Å². The van der Waals surface area contributed by atoms with Crippen LogP contribution in [0, 0.1) is 0 Å². The summed E-state index contributed by atoms with van der Waals surface area (Å²) in [7, 11) is 0. The average Bonchev–Trinajstić information content (AvgIpc) is 2.58. The summed E-state index contributed by atoms with van der Waals surface area (Å²) < 4.78 is 5.84. The van der Waals surface area contributed by atoms with E-state index in [-0.39, 0.29) is 23.3 Å². The fourth-order valence-corrected chi connectivity index (χ4v) is 2.77. The minimum absolute atomic E-state index is 0.0347. The van der Waals surface area contributed by atoms with Crippen molar-refractivity contribution in [2.45, 2.75) is 52.4 Å². The topological polar surface area (TPSA) is 81.4 Å². The van der Waals surface area contributed by atoms with Crippen molar-refractivity contribution in [2.24, 2.45) is 5.73 Å². The van der Waals surface area contributed by atoms with Gasteiger partial charge in [0.25, 0.3) is 5.91 Å². The van der Waals surface area contributed by atoms with Crippen molar-refractivity contribution in [2.75, 3.05) is 11.9 Å². The van der Waals surface area contributed by atoms with Crippen LogP contribution in [0.3, 0.4) is 0 Å². The van der Waals surface area contributed by atoms with E-state index < -0.39 is 5.91 Å². The minimum Gasteiger partial charge on any atom is -0.483 e. The Balaban J connectivity index is 2.10. The highest BCUT2D eigenvalue weighted by Crippen LogP contribution is 2.35. The quantitative estimate of drug-likeness (QED) is 0.804. The molecular formula is C23H30N2O3. The monoisotopic (exact) mass is 382 g/mol. The summed E-state index contributed by atoms with van der Waals surface area (Å²) in [6, 6.07) is 12.6. The van der Waals surface area contributed by atoms with Crippen LogP contribution in [-0.4, -0.2) is 18.4 Å². The molecule has 0 fully saturated rings. The number of benzene rings is 2. The normalized spacial score (nSPS) is 11.8. The first-order valence-corrected chi connectivity index (χ1v) is 9.35. The summed E-state index contributed by atoms with van der Waals surface area (Å²) in [5.74, 6) is -0.0686. The van der Waals surface area contributed by atoms with Crippen molar-refractivity contribution in [3.8, 4) is 5.75 Å². The van der Waals surface area contributed by atoms with Crippen molar-refractivity contribution in [1.29, 1.82) is 0 Å². The molecule has 3 N–H and O–H groups in total. The van der Waals surface area contributed by atoms with Gasteiger partial charge in [0.05, 0.1) is 0 Å². The van der Waals surface area contributed by atoms with Crippen LogP contribution in [0.5, 0.6) is 5.75 Å². The summed E-state index contributed by atoms with van der Waals surface area (Å²) in [6.45, 7) is 12.8. The summed E-state index contributed by atoms with van der Waals surface area (Å²) in [4.78, 5) is 23.4. The molecule has 28 heavy (non-hydrogen) atoms. The van der Waals surface area contributed by atoms with Gasteiger partial charge in [-0.1, -0.05) is 53.7 Å². The zero-order valence-corrected chi connectivity index (χ0v) is 17.6. The maximum Gasteiger partial charge on any atom is 0.262 e. The van der Waals surface area contributed by atoms with Gasteiger partial charge in [-0.05, 0) is 52.3 Å². The number of primary amides is 1. The van der Waals surface area contributed by atoms with Gasteiger partial charge in [-0.25, -0.2) is 0 Å². The number of carbonyl (C=O) groups excluding carboxylic acids is 2. The average molecular weight is 383 g/mol. The van der Waals surface area contributed by atoms with E-state index in [2.05, 4.69) is 52.9 Å². The number of hydrogen-bond acceptors (Lipinski definition) is 3. The molecule has 2 aromatic carbocycles. The maximum absolute atomic E-state index is 12.3. The molecule has 0 saturated heterocycles. The van der Waals surface area contributed by atoms with Gasteiger partial charge in [0.15, 0.2) is 6.61 Å². The van der Waals surface area contributed by atoms with E-state index in [1.165, 1.54) is 5.56 Å². The third-order valence-electron chi connectivity index (χ3n) is 4.47. The fourth-order valence-electron chi connectivity index (χ4n) is 2.77. The molecule has 2 aromatic rings. The Labute approximate surface area is 167 Å². The molecule has 2 rings (SSSR count). The van der Waals surface area contributed by atoms with E-state index in [0.29, 0.717) is 17.0 Å². The van der Waals surface area contributed by atoms with Gasteiger partial charge in [0.1, 0.15) is 5.75 Å². The molecule has 5 nitrogen and oxygen atoms in total. The van der Waals surface area contributed by atoms with Gasteiger partial charge >= 0.3 is 0 Å². The van der Waals surface area contributed by atoms with E-state index in [1.807, 2.05) is 12.1 Å². The number of anilines is 1. The molecular weight excluding hydrogens is 352 g/mol. The van der Waals surface area contributed by atoms with Crippen LogP contribution in [-0.2, 0) is 15.6 Å². The lowest BCUT2D eigenvalue weighted by atomic mass is 9.80. The molecule has 0 aliphatic rings. The minimum atomic E-state index is -0.505. The van der Waals surface area contributed by atoms with Crippen LogP contribution >= 0.6 is 0 Å². The van der Waals surface area contributed by atoms with E-state index in [9.17, 15) is 9.59 Å². The van der Waals surface area contributed by atoms with Gasteiger partial charge in [-0.15, -0.1) is 0 Å². The molecule has 0 spiro atoms. The van der Waals surface area contributed by atoms with Crippen LogP contribution in [0.25, 0.3) is 0 Å². The SMILES string of the molecule is CC(C)(C)c1ccc(OCC(=O)Nc2ccc(C(N)=O)cc2)c(C(C)(C)C)c1. The van der Waals surface area contributed by atoms with Crippen molar-refractivity contribution in [3.05, 3.63) is 59.2 Å². The molecule has 0 aliphatic carbocycles. The van der Waals surface area contributed by atoms with Gasteiger partial charge < -0.3 is 15.8 Å². The van der Waals surface area contributed by atoms with Crippen molar-refractivity contribution < 1.29 is 14.3 Å². The van der Waals surface area contributed by atoms with E-state index >= 15 is 0 Å². The first-order valence-electron chi connectivity index (χ1n) is 9.35. The second-order valence-electron chi connectivity index (χ2n) is 8.99. The van der Waals surface area contributed by atoms with Crippen molar-refractivity contribution >= 4 is 17.5 Å². The van der Waals surface area contributed by atoms with Gasteiger partial charge in [0.2, 0.25) is 5.91 Å². The summed E-state index contributed by atoms with van der Waals surface area (Å²) >= 11 is 0. The Bertz CT molecular complexity index is 857. The number of nitrogens with two attached hydrogens (primary N) is 1. The first kappa shape index (κ1) is 21.5. The van der Waals surface area contributed by atoms with Crippen molar-refractivity contribution in [3.63, 3.8) is 0 Å². The summed E-state index contributed by atoms with van der Waals surface area (Å²) in [5, 5.41) is 2.76. The lowest BCUT2D eigenvalue weighted by molar-refractivity contribution is -0.118. The second kappa shape index (κ2) is 8.05. The Morgan fingerprint density at radius 2 is 1.54 bits per heavy atom. The number of carbonyl (C=O) groups is 2. The highest BCUT2D eigenvalue weighted by molar-refractivity contribution is 5.95. The molecule has 0 heterocycles. The molecule has 0 saturated carbocycles. The molecule has 0 radical (unpaired) electrons. The van der Waals surface area contributed by atoms with E-state index in [4.69, 9.17) is 10.5 Å². The van der Waals surface area contributed by atoms with E-state index in [1.54, 1.807) is 24.3 Å². The first-order chi connectivity index (χ1) is 12.9. The molecule has 0 aliphatic heterocycles. The largest absolute Gasteiger partial charge is 0.483 e. The zero-order chi connectivity index (χ0) is 21.1.